The number of para-hydroxylation sites is 4. The van der Waals surface area contributed by atoms with E-state index in [9.17, 15) is 0 Å². The topological polar surface area (TPSA) is 13.1 Å². The summed E-state index contributed by atoms with van der Waals surface area (Å²) in [6, 6.07) is 77.6. The van der Waals surface area contributed by atoms with Gasteiger partial charge in [0, 0.05) is 55.7 Å². The maximum absolute atomic E-state index is 2.57. The van der Waals surface area contributed by atoms with Crippen molar-refractivity contribution in [1.29, 1.82) is 0 Å². The van der Waals surface area contributed by atoms with Crippen molar-refractivity contribution < 1.29 is 0 Å². The van der Waals surface area contributed by atoms with Gasteiger partial charge in [0.15, 0.2) is 0 Å². The summed E-state index contributed by atoms with van der Waals surface area (Å²) >= 11 is 0. The molecule has 0 saturated heterocycles. The molecule has 9 aromatic carbocycles. The van der Waals surface area contributed by atoms with Crippen LogP contribution < -0.4 is 4.90 Å². The summed E-state index contributed by atoms with van der Waals surface area (Å²) in [5.74, 6) is 0.233. The number of nitrogens with zero attached hydrogens (tertiary/aromatic N) is 3. The van der Waals surface area contributed by atoms with Gasteiger partial charge < -0.3 is 14.0 Å². The third-order valence-corrected chi connectivity index (χ3v) is 12.9. The lowest BCUT2D eigenvalue weighted by Crippen LogP contribution is -2.22. The highest BCUT2D eigenvalue weighted by Gasteiger charge is 2.26. The molecule has 0 fully saturated rings. The second-order valence-electron chi connectivity index (χ2n) is 16.6. The molecule has 0 amide bonds. The molecule has 11 aromatic rings. The third kappa shape index (κ3) is 5.96. The van der Waals surface area contributed by atoms with Crippen LogP contribution >= 0.6 is 0 Å². The first kappa shape index (κ1) is 36.0. The van der Waals surface area contributed by atoms with Crippen molar-refractivity contribution in [3.8, 4) is 27.9 Å². The van der Waals surface area contributed by atoms with E-state index in [2.05, 4.69) is 252 Å². The van der Waals surface area contributed by atoms with Gasteiger partial charge in [-0.25, -0.2) is 0 Å². The van der Waals surface area contributed by atoms with Gasteiger partial charge in [0.25, 0.3) is 0 Å². The fraction of sp³-hybridized carbons (Fsp3) is 0.0508. The Morgan fingerprint density at radius 1 is 0.403 bits per heavy atom. The van der Waals surface area contributed by atoms with Gasteiger partial charge in [-0.2, -0.15) is 0 Å². The fourth-order valence-electron chi connectivity index (χ4n) is 9.97. The monoisotopic (exact) mass is 793 g/mol. The van der Waals surface area contributed by atoms with Crippen molar-refractivity contribution in [1.82, 2.24) is 9.13 Å². The zero-order chi connectivity index (χ0) is 41.1. The van der Waals surface area contributed by atoms with Gasteiger partial charge in [0.2, 0.25) is 0 Å². The molecular formula is C59H43N3. The fourth-order valence-corrected chi connectivity index (χ4v) is 9.97. The minimum Gasteiger partial charge on any atom is -0.333 e. The van der Waals surface area contributed by atoms with Crippen molar-refractivity contribution in [2.24, 2.45) is 5.92 Å². The van der Waals surface area contributed by atoms with Crippen LogP contribution in [-0.4, -0.2) is 9.13 Å². The van der Waals surface area contributed by atoms with E-state index < -0.39 is 0 Å². The molecule has 0 saturated carbocycles. The number of hydrogen-bond donors (Lipinski definition) is 0. The zero-order valence-corrected chi connectivity index (χ0v) is 34.4. The molecule has 0 N–H and O–H groups in total. The van der Waals surface area contributed by atoms with E-state index in [4.69, 9.17) is 0 Å². The van der Waals surface area contributed by atoms with Gasteiger partial charge in [-0.1, -0.05) is 159 Å². The van der Waals surface area contributed by atoms with Gasteiger partial charge in [-0.15, -0.1) is 0 Å². The number of allylic oxidation sites excluding steroid dienone is 3. The number of rotatable bonds is 7. The molecule has 2 atom stereocenters. The zero-order valence-electron chi connectivity index (χ0n) is 34.4. The SMILES string of the molecule is CC1C=C(N(c2ccccc2)c2ccccc2)C=CC1n1c2ccccc2c2ccc(-c3ccc4c(c3)c3ccccc3n4-c3ccc(-c4ccc5ccccc5c4)cc3)cc21. The molecule has 294 valence electrons. The summed E-state index contributed by atoms with van der Waals surface area (Å²) in [6.45, 7) is 2.35. The van der Waals surface area contributed by atoms with Crippen LogP contribution in [0.15, 0.2) is 236 Å². The van der Waals surface area contributed by atoms with E-state index in [1.165, 1.54) is 82.3 Å². The first-order chi connectivity index (χ1) is 30.7. The molecule has 1 aliphatic carbocycles. The molecule has 0 bridgehead atoms. The van der Waals surface area contributed by atoms with Crippen LogP contribution in [-0.2, 0) is 0 Å². The number of anilines is 2. The largest absolute Gasteiger partial charge is 0.333 e. The summed E-state index contributed by atoms with van der Waals surface area (Å²) in [5.41, 5.74) is 14.4. The molecular weight excluding hydrogens is 751 g/mol. The Labute approximate surface area is 361 Å². The minimum atomic E-state index is 0.137. The van der Waals surface area contributed by atoms with Crippen molar-refractivity contribution in [3.63, 3.8) is 0 Å². The predicted molar refractivity (Wildman–Crippen MR) is 263 cm³/mol. The summed E-state index contributed by atoms with van der Waals surface area (Å²) < 4.78 is 4.99. The highest BCUT2D eigenvalue weighted by molar-refractivity contribution is 6.12. The molecule has 0 spiro atoms. The molecule has 3 nitrogen and oxygen atoms in total. The molecule has 0 aliphatic heterocycles. The van der Waals surface area contributed by atoms with E-state index in [1.807, 2.05) is 0 Å². The number of aromatic nitrogens is 2. The minimum absolute atomic E-state index is 0.137. The molecule has 1 aliphatic rings. The van der Waals surface area contributed by atoms with Crippen molar-refractivity contribution in [2.75, 3.05) is 4.90 Å². The van der Waals surface area contributed by atoms with Crippen LogP contribution in [0.2, 0.25) is 0 Å². The van der Waals surface area contributed by atoms with Crippen molar-refractivity contribution in [2.45, 2.75) is 13.0 Å². The molecule has 2 unspecified atom stereocenters. The average Bonchev–Trinajstić information content (AvgIpc) is 3.84. The Morgan fingerprint density at radius 2 is 0.952 bits per heavy atom. The summed E-state index contributed by atoms with van der Waals surface area (Å²) in [6.07, 6.45) is 7.16. The second kappa shape index (κ2) is 14.7. The maximum Gasteiger partial charge on any atom is 0.0587 e. The van der Waals surface area contributed by atoms with Crippen LogP contribution in [0.5, 0.6) is 0 Å². The molecule has 0 radical (unpaired) electrons. The molecule has 2 heterocycles. The van der Waals surface area contributed by atoms with Crippen molar-refractivity contribution in [3.05, 3.63) is 236 Å². The Hall–Kier alpha value is -7.88. The first-order valence-corrected chi connectivity index (χ1v) is 21.6. The van der Waals surface area contributed by atoms with Gasteiger partial charge in [-0.05, 0) is 112 Å². The van der Waals surface area contributed by atoms with Gasteiger partial charge in [0.1, 0.15) is 0 Å². The lowest BCUT2D eigenvalue weighted by Gasteiger charge is -2.32. The highest BCUT2D eigenvalue weighted by atomic mass is 15.1. The molecule has 2 aromatic heterocycles. The summed E-state index contributed by atoms with van der Waals surface area (Å²) in [5, 5.41) is 7.58. The van der Waals surface area contributed by atoms with E-state index in [-0.39, 0.29) is 12.0 Å². The maximum atomic E-state index is 2.57. The predicted octanol–water partition coefficient (Wildman–Crippen LogP) is 15.8. The number of hydrogen-bond acceptors (Lipinski definition) is 1. The first-order valence-electron chi connectivity index (χ1n) is 21.6. The van der Waals surface area contributed by atoms with Crippen LogP contribution in [0.1, 0.15) is 13.0 Å². The lowest BCUT2D eigenvalue weighted by atomic mass is 9.93. The summed E-state index contributed by atoms with van der Waals surface area (Å²) in [4.78, 5) is 2.36. The third-order valence-electron chi connectivity index (χ3n) is 12.9. The van der Waals surface area contributed by atoms with Crippen LogP contribution in [0.4, 0.5) is 11.4 Å². The molecule has 62 heavy (non-hydrogen) atoms. The van der Waals surface area contributed by atoms with Crippen LogP contribution in [0.3, 0.4) is 0 Å². The Morgan fingerprint density at radius 3 is 1.69 bits per heavy atom. The Balaban J connectivity index is 0.931. The van der Waals surface area contributed by atoms with E-state index >= 15 is 0 Å². The van der Waals surface area contributed by atoms with Crippen LogP contribution in [0.25, 0.3) is 82.3 Å². The number of fused-ring (bicyclic) bond motifs is 7. The average molecular weight is 794 g/mol. The second-order valence-corrected chi connectivity index (χ2v) is 16.6. The summed E-state index contributed by atoms with van der Waals surface area (Å²) in [7, 11) is 0. The van der Waals surface area contributed by atoms with Gasteiger partial charge in [-0.3, -0.25) is 0 Å². The van der Waals surface area contributed by atoms with Gasteiger partial charge in [0.05, 0.1) is 22.6 Å². The van der Waals surface area contributed by atoms with Gasteiger partial charge >= 0.3 is 0 Å². The number of benzene rings is 9. The van der Waals surface area contributed by atoms with E-state index in [0.29, 0.717) is 0 Å². The highest BCUT2D eigenvalue weighted by Crippen LogP contribution is 2.42. The normalized spacial score (nSPS) is 15.2. The Kier molecular flexibility index (Phi) is 8.53. The van der Waals surface area contributed by atoms with Crippen LogP contribution in [0, 0.1) is 5.92 Å². The lowest BCUT2D eigenvalue weighted by molar-refractivity contribution is 0.506. The smallest absolute Gasteiger partial charge is 0.0587 e. The van der Waals surface area contributed by atoms with Crippen molar-refractivity contribution >= 4 is 65.8 Å². The van der Waals surface area contributed by atoms with E-state index in [1.54, 1.807) is 0 Å². The Bertz CT molecular complexity index is 3490. The van der Waals surface area contributed by atoms with E-state index in [0.717, 1.165) is 17.1 Å². The molecule has 3 heteroatoms. The quantitative estimate of drug-likeness (QED) is 0.157. The standard InChI is InChI=1S/C59H43N3/c1-40-36-50(60(47-16-4-2-5-17-47)48-18-6-3-7-19-48)32-35-55(40)62-57-23-13-10-20-51(57)53-33-28-46(39-59(53)62)45-29-34-58-54(38-45)52-21-11-12-22-56(52)61(58)49-30-26-42(27-31-49)44-25-24-41-14-8-9-15-43(41)37-44/h2-40,55H,1H3. The molecule has 12 rings (SSSR count).